The van der Waals surface area contributed by atoms with Crippen molar-refractivity contribution in [2.45, 2.75) is 13.0 Å². The molecule has 0 aliphatic rings. The number of rotatable bonds is 2. The largest absolute Gasteiger partial charge is 0.258 e. The van der Waals surface area contributed by atoms with Crippen molar-refractivity contribution in [1.29, 1.82) is 0 Å². The van der Waals surface area contributed by atoms with Gasteiger partial charge in [-0.15, -0.1) is 0 Å². The van der Waals surface area contributed by atoms with Gasteiger partial charge in [-0.25, -0.2) is 4.39 Å². The Bertz CT molecular complexity index is 670. The molecule has 0 fully saturated rings. The molecule has 3 aromatic rings. The zero-order valence-electron chi connectivity index (χ0n) is 9.97. The second-order valence-corrected chi connectivity index (χ2v) is 4.30. The molecule has 2 nitrogen and oxygen atoms in total. The minimum atomic E-state index is -0.217. The molecular formula is C15H12FN2. The summed E-state index contributed by atoms with van der Waals surface area (Å²) in [6.07, 6.45) is 1.83. The van der Waals surface area contributed by atoms with Crippen molar-refractivity contribution in [2.75, 3.05) is 0 Å². The van der Waals surface area contributed by atoms with Crippen LogP contribution in [-0.2, 0) is 0 Å². The minimum Gasteiger partial charge on any atom is -0.258 e. The number of hydrogen-bond donors (Lipinski definition) is 0. The molecule has 1 aromatic heterocycles. The van der Waals surface area contributed by atoms with E-state index >= 15 is 0 Å². The number of hydrogen-bond acceptors (Lipinski definition) is 1. The summed E-state index contributed by atoms with van der Waals surface area (Å²) in [6.45, 7) is 2.05. The lowest BCUT2D eigenvalue weighted by molar-refractivity contribution is 0.579. The molecule has 1 heterocycles. The van der Waals surface area contributed by atoms with Gasteiger partial charge in [0.05, 0.1) is 17.8 Å². The summed E-state index contributed by atoms with van der Waals surface area (Å²) in [7, 11) is 0. The van der Waals surface area contributed by atoms with E-state index in [1.54, 1.807) is 12.1 Å². The molecule has 0 amide bonds. The van der Waals surface area contributed by atoms with E-state index in [9.17, 15) is 4.39 Å². The van der Waals surface area contributed by atoms with Gasteiger partial charge in [0, 0.05) is 5.39 Å². The van der Waals surface area contributed by atoms with Crippen LogP contribution < -0.4 is 0 Å². The van der Waals surface area contributed by atoms with Crippen molar-refractivity contribution in [3.63, 3.8) is 0 Å². The van der Waals surface area contributed by atoms with Gasteiger partial charge in [-0.2, -0.15) is 5.10 Å². The summed E-state index contributed by atoms with van der Waals surface area (Å²) in [4.78, 5) is 0. The van der Waals surface area contributed by atoms with E-state index in [0.717, 1.165) is 16.5 Å². The lowest BCUT2D eigenvalue weighted by Gasteiger charge is -2.13. The minimum absolute atomic E-state index is 0.0745. The molecule has 3 heteroatoms. The molecular weight excluding hydrogens is 227 g/mol. The van der Waals surface area contributed by atoms with Crippen molar-refractivity contribution in [2.24, 2.45) is 0 Å². The van der Waals surface area contributed by atoms with E-state index in [1.807, 2.05) is 29.1 Å². The van der Waals surface area contributed by atoms with Crippen LogP contribution in [0.4, 0.5) is 4.39 Å². The molecule has 1 unspecified atom stereocenters. The van der Waals surface area contributed by atoms with Crippen LogP contribution in [0.25, 0.3) is 10.9 Å². The van der Waals surface area contributed by atoms with Crippen molar-refractivity contribution in [3.8, 4) is 0 Å². The molecule has 0 spiro atoms. The van der Waals surface area contributed by atoms with Crippen LogP contribution >= 0.6 is 0 Å². The average Bonchev–Trinajstić information content (AvgIpc) is 2.82. The predicted octanol–water partition coefficient (Wildman–Crippen LogP) is 3.58. The van der Waals surface area contributed by atoms with Gasteiger partial charge in [0.25, 0.3) is 0 Å². The van der Waals surface area contributed by atoms with Gasteiger partial charge in [0.1, 0.15) is 5.82 Å². The van der Waals surface area contributed by atoms with Crippen molar-refractivity contribution in [3.05, 3.63) is 66.1 Å². The lowest BCUT2D eigenvalue weighted by atomic mass is 10.1. The molecule has 2 aromatic carbocycles. The average molecular weight is 239 g/mol. The Labute approximate surface area is 105 Å². The maximum atomic E-state index is 12.9. The third-order valence-electron chi connectivity index (χ3n) is 3.16. The molecule has 18 heavy (non-hydrogen) atoms. The highest BCUT2D eigenvalue weighted by molar-refractivity contribution is 5.78. The van der Waals surface area contributed by atoms with E-state index in [1.165, 1.54) is 12.1 Å². The topological polar surface area (TPSA) is 17.8 Å². The number of halogens is 1. The van der Waals surface area contributed by atoms with Gasteiger partial charge in [-0.05, 0) is 42.8 Å². The first-order chi connectivity index (χ1) is 8.75. The third-order valence-corrected chi connectivity index (χ3v) is 3.16. The van der Waals surface area contributed by atoms with Gasteiger partial charge in [0.2, 0.25) is 0 Å². The summed E-state index contributed by atoms with van der Waals surface area (Å²) in [5.74, 6) is -0.217. The molecule has 0 aliphatic heterocycles. The smallest absolute Gasteiger partial charge is 0.123 e. The van der Waals surface area contributed by atoms with Gasteiger partial charge in [0.15, 0.2) is 0 Å². The molecule has 0 N–H and O–H groups in total. The SMILES string of the molecule is CC(c1ccc(F)cc1)n1ncc2c[c]ccc21. The zero-order chi connectivity index (χ0) is 12.5. The first-order valence-corrected chi connectivity index (χ1v) is 5.84. The van der Waals surface area contributed by atoms with Crippen LogP contribution in [0.2, 0.25) is 0 Å². The Morgan fingerprint density at radius 2 is 2.00 bits per heavy atom. The highest BCUT2D eigenvalue weighted by atomic mass is 19.1. The van der Waals surface area contributed by atoms with Gasteiger partial charge in [-0.1, -0.05) is 18.2 Å². The summed E-state index contributed by atoms with van der Waals surface area (Å²) in [6, 6.07) is 15.4. The van der Waals surface area contributed by atoms with Crippen LogP contribution in [0.3, 0.4) is 0 Å². The van der Waals surface area contributed by atoms with Crippen molar-refractivity contribution < 1.29 is 4.39 Å². The Hall–Kier alpha value is -2.16. The van der Waals surface area contributed by atoms with E-state index in [2.05, 4.69) is 18.1 Å². The third kappa shape index (κ3) is 1.78. The lowest BCUT2D eigenvalue weighted by Crippen LogP contribution is -2.08. The Morgan fingerprint density at radius 3 is 2.78 bits per heavy atom. The van der Waals surface area contributed by atoms with Crippen molar-refractivity contribution in [1.82, 2.24) is 9.78 Å². The summed E-state index contributed by atoms with van der Waals surface area (Å²) in [5.41, 5.74) is 2.10. The first kappa shape index (κ1) is 11.0. The summed E-state index contributed by atoms with van der Waals surface area (Å²) < 4.78 is 14.9. The van der Waals surface area contributed by atoms with Crippen LogP contribution in [0.1, 0.15) is 18.5 Å². The fourth-order valence-corrected chi connectivity index (χ4v) is 2.12. The fourth-order valence-electron chi connectivity index (χ4n) is 2.12. The molecule has 0 bridgehead atoms. The van der Waals surface area contributed by atoms with Crippen LogP contribution in [-0.4, -0.2) is 9.78 Å². The Balaban J connectivity index is 2.06. The molecule has 0 aliphatic carbocycles. The second kappa shape index (κ2) is 4.26. The van der Waals surface area contributed by atoms with E-state index in [4.69, 9.17) is 0 Å². The molecule has 0 saturated carbocycles. The molecule has 0 saturated heterocycles. The first-order valence-electron chi connectivity index (χ1n) is 5.84. The Kier molecular flexibility index (Phi) is 2.59. The summed E-state index contributed by atoms with van der Waals surface area (Å²) >= 11 is 0. The monoisotopic (exact) mass is 239 g/mol. The number of fused-ring (bicyclic) bond motifs is 1. The van der Waals surface area contributed by atoms with Gasteiger partial charge in [-0.3, -0.25) is 4.68 Å². The summed E-state index contributed by atoms with van der Waals surface area (Å²) in [5, 5.41) is 5.46. The fraction of sp³-hybridized carbons (Fsp3) is 0.133. The number of benzene rings is 2. The van der Waals surface area contributed by atoms with Crippen molar-refractivity contribution >= 4 is 10.9 Å². The van der Waals surface area contributed by atoms with Crippen LogP contribution in [0, 0.1) is 11.9 Å². The van der Waals surface area contributed by atoms with E-state index in [0.29, 0.717) is 0 Å². The van der Waals surface area contributed by atoms with Crippen LogP contribution in [0.5, 0.6) is 0 Å². The molecule has 3 rings (SSSR count). The quantitative estimate of drug-likeness (QED) is 0.668. The molecule has 1 radical (unpaired) electrons. The zero-order valence-corrected chi connectivity index (χ0v) is 9.97. The highest BCUT2D eigenvalue weighted by Gasteiger charge is 2.11. The normalized spacial score (nSPS) is 12.8. The van der Waals surface area contributed by atoms with E-state index < -0.39 is 0 Å². The number of aromatic nitrogens is 2. The van der Waals surface area contributed by atoms with Crippen LogP contribution in [0.15, 0.2) is 48.7 Å². The Morgan fingerprint density at radius 1 is 1.22 bits per heavy atom. The van der Waals surface area contributed by atoms with Gasteiger partial charge >= 0.3 is 0 Å². The standard InChI is InChI=1S/C15H12FN2/c1-11(12-6-8-14(16)9-7-12)18-15-5-3-2-4-13(15)10-17-18/h3-11H,1H3. The highest BCUT2D eigenvalue weighted by Crippen LogP contribution is 2.22. The van der Waals surface area contributed by atoms with E-state index in [-0.39, 0.29) is 11.9 Å². The molecule has 89 valence electrons. The second-order valence-electron chi connectivity index (χ2n) is 4.30. The maximum absolute atomic E-state index is 12.9. The predicted molar refractivity (Wildman–Crippen MR) is 68.8 cm³/mol. The number of nitrogens with zero attached hydrogens (tertiary/aromatic N) is 2. The molecule has 1 atom stereocenters. The van der Waals surface area contributed by atoms with Gasteiger partial charge < -0.3 is 0 Å². The maximum Gasteiger partial charge on any atom is 0.123 e.